The molecule has 1 aliphatic rings. The zero-order valence-electron chi connectivity index (χ0n) is 14.4. The van der Waals surface area contributed by atoms with Crippen molar-refractivity contribution < 1.29 is 18.7 Å². The number of nitrogens with one attached hydrogen (secondary N) is 1. The molecule has 0 aromatic heterocycles. The van der Waals surface area contributed by atoms with Gasteiger partial charge in [-0.05, 0) is 37.1 Å². The molecule has 0 bridgehead atoms. The molecule has 1 fully saturated rings. The van der Waals surface area contributed by atoms with Gasteiger partial charge in [-0.15, -0.1) is 0 Å². The third-order valence-corrected chi connectivity index (χ3v) is 4.41. The smallest absolute Gasteiger partial charge is 0.260 e. The summed E-state index contributed by atoms with van der Waals surface area (Å²) < 4.78 is 18.8. The van der Waals surface area contributed by atoms with E-state index >= 15 is 0 Å². The van der Waals surface area contributed by atoms with Crippen molar-refractivity contribution in [3.05, 3.63) is 66.0 Å². The Balaban J connectivity index is 1.44. The molecule has 3 rings (SSSR count). The summed E-state index contributed by atoms with van der Waals surface area (Å²) >= 11 is 0. The van der Waals surface area contributed by atoms with Crippen LogP contribution in [0.1, 0.15) is 23.2 Å². The molecule has 26 heavy (non-hydrogen) atoms. The van der Waals surface area contributed by atoms with Gasteiger partial charge in [0.25, 0.3) is 11.8 Å². The Kier molecular flexibility index (Phi) is 5.84. The Morgan fingerprint density at radius 2 is 1.69 bits per heavy atom. The van der Waals surface area contributed by atoms with Crippen LogP contribution >= 0.6 is 0 Å². The highest BCUT2D eigenvalue weighted by Gasteiger charge is 2.24. The number of benzene rings is 2. The van der Waals surface area contributed by atoms with Gasteiger partial charge in [-0.1, -0.05) is 30.3 Å². The van der Waals surface area contributed by atoms with Crippen molar-refractivity contribution in [1.82, 2.24) is 10.2 Å². The highest BCUT2D eigenvalue weighted by Crippen LogP contribution is 2.16. The lowest BCUT2D eigenvalue weighted by atomic mass is 10.0. The van der Waals surface area contributed by atoms with E-state index in [0.717, 1.165) is 0 Å². The number of halogens is 1. The Morgan fingerprint density at radius 3 is 2.38 bits per heavy atom. The molecule has 1 aliphatic heterocycles. The second kappa shape index (κ2) is 8.47. The third kappa shape index (κ3) is 4.59. The fourth-order valence-corrected chi connectivity index (χ4v) is 2.92. The first kappa shape index (κ1) is 17.9. The second-order valence-corrected chi connectivity index (χ2v) is 6.21. The number of nitrogens with zero attached hydrogens (tertiary/aromatic N) is 1. The number of hydrogen-bond acceptors (Lipinski definition) is 3. The molecule has 136 valence electrons. The van der Waals surface area contributed by atoms with E-state index in [1.54, 1.807) is 29.2 Å². The second-order valence-electron chi connectivity index (χ2n) is 6.21. The van der Waals surface area contributed by atoms with E-state index in [1.807, 2.05) is 18.2 Å². The highest BCUT2D eigenvalue weighted by molar-refractivity contribution is 5.94. The summed E-state index contributed by atoms with van der Waals surface area (Å²) in [5.41, 5.74) is 0.629. The Hall–Kier alpha value is -2.89. The largest absolute Gasteiger partial charge is 0.481 e. The summed E-state index contributed by atoms with van der Waals surface area (Å²) in [6, 6.07) is 15.1. The van der Waals surface area contributed by atoms with Gasteiger partial charge in [0.1, 0.15) is 0 Å². The van der Waals surface area contributed by atoms with E-state index < -0.39 is 5.82 Å². The van der Waals surface area contributed by atoms with Crippen LogP contribution in [0, 0.1) is 5.82 Å². The summed E-state index contributed by atoms with van der Waals surface area (Å²) in [4.78, 5) is 26.1. The van der Waals surface area contributed by atoms with Gasteiger partial charge in [0.05, 0.1) is 0 Å². The number of rotatable bonds is 5. The minimum Gasteiger partial charge on any atom is -0.481 e. The van der Waals surface area contributed by atoms with Crippen molar-refractivity contribution in [2.24, 2.45) is 0 Å². The highest BCUT2D eigenvalue weighted by atomic mass is 19.1. The van der Waals surface area contributed by atoms with Crippen LogP contribution in [0.3, 0.4) is 0 Å². The van der Waals surface area contributed by atoms with Crippen LogP contribution in [0.4, 0.5) is 4.39 Å². The zero-order valence-corrected chi connectivity index (χ0v) is 14.4. The fraction of sp³-hybridized carbons (Fsp3) is 0.300. The van der Waals surface area contributed by atoms with Crippen LogP contribution in [0.15, 0.2) is 54.6 Å². The van der Waals surface area contributed by atoms with E-state index in [-0.39, 0.29) is 30.2 Å². The lowest BCUT2D eigenvalue weighted by Crippen LogP contribution is -2.47. The van der Waals surface area contributed by atoms with Gasteiger partial charge < -0.3 is 15.0 Å². The van der Waals surface area contributed by atoms with Gasteiger partial charge >= 0.3 is 0 Å². The average molecular weight is 356 g/mol. The van der Waals surface area contributed by atoms with E-state index in [9.17, 15) is 14.0 Å². The average Bonchev–Trinajstić information content (AvgIpc) is 2.68. The van der Waals surface area contributed by atoms with Crippen molar-refractivity contribution in [2.75, 3.05) is 19.7 Å². The van der Waals surface area contributed by atoms with Gasteiger partial charge in [-0.25, -0.2) is 4.39 Å². The zero-order chi connectivity index (χ0) is 18.4. The molecule has 0 spiro atoms. The summed E-state index contributed by atoms with van der Waals surface area (Å²) in [7, 11) is 0. The lowest BCUT2D eigenvalue weighted by Gasteiger charge is -2.32. The van der Waals surface area contributed by atoms with Crippen molar-refractivity contribution in [3.63, 3.8) is 0 Å². The number of hydrogen-bond donors (Lipinski definition) is 1. The summed E-state index contributed by atoms with van der Waals surface area (Å²) in [6.07, 6.45) is 1.37. The molecule has 5 nitrogen and oxygen atoms in total. The van der Waals surface area contributed by atoms with Gasteiger partial charge in [0.2, 0.25) is 0 Å². The molecule has 0 aliphatic carbocycles. The first-order chi connectivity index (χ1) is 12.6. The predicted molar refractivity (Wildman–Crippen MR) is 95.4 cm³/mol. The fourth-order valence-electron chi connectivity index (χ4n) is 2.92. The monoisotopic (exact) mass is 356 g/mol. The molecular formula is C20H21FN2O3. The molecule has 2 aromatic rings. The van der Waals surface area contributed by atoms with Crippen molar-refractivity contribution >= 4 is 11.8 Å². The van der Waals surface area contributed by atoms with E-state index in [0.29, 0.717) is 31.5 Å². The number of likely N-dealkylation sites (tertiary alicyclic amines) is 1. The SMILES string of the molecule is O=C(NC1CCN(C(=O)COc2ccccc2F)CC1)c1ccccc1. The van der Waals surface area contributed by atoms with E-state index in [2.05, 4.69) is 5.32 Å². The molecule has 1 saturated heterocycles. The first-order valence-electron chi connectivity index (χ1n) is 8.64. The van der Waals surface area contributed by atoms with Crippen molar-refractivity contribution in [2.45, 2.75) is 18.9 Å². The number of carbonyl (C=O) groups is 2. The maximum atomic E-state index is 13.5. The van der Waals surface area contributed by atoms with Gasteiger partial charge in [0.15, 0.2) is 18.2 Å². The van der Waals surface area contributed by atoms with Crippen LogP contribution in [0.25, 0.3) is 0 Å². The van der Waals surface area contributed by atoms with Crippen LogP contribution in [0.5, 0.6) is 5.75 Å². The van der Waals surface area contributed by atoms with Gasteiger partial charge in [0, 0.05) is 24.7 Å². The molecule has 0 unspecified atom stereocenters. The molecule has 0 atom stereocenters. The summed E-state index contributed by atoms with van der Waals surface area (Å²) in [6.45, 7) is 0.889. The number of para-hydroxylation sites is 1. The van der Waals surface area contributed by atoms with E-state index in [4.69, 9.17) is 4.74 Å². The van der Waals surface area contributed by atoms with Gasteiger partial charge in [-0.3, -0.25) is 9.59 Å². The maximum absolute atomic E-state index is 13.5. The molecular weight excluding hydrogens is 335 g/mol. The Labute approximate surface area is 151 Å². The molecule has 0 saturated carbocycles. The normalized spacial score (nSPS) is 14.7. The standard InChI is InChI=1S/C20H21FN2O3/c21-17-8-4-5-9-18(17)26-14-19(24)23-12-10-16(11-13-23)22-20(25)15-6-2-1-3-7-15/h1-9,16H,10-14H2,(H,22,25). The lowest BCUT2D eigenvalue weighted by molar-refractivity contribution is -0.134. The molecule has 0 radical (unpaired) electrons. The topological polar surface area (TPSA) is 58.6 Å². The number of ether oxygens (including phenoxy) is 1. The number of piperidine rings is 1. The number of carbonyl (C=O) groups excluding carboxylic acids is 2. The molecule has 6 heteroatoms. The summed E-state index contributed by atoms with van der Waals surface area (Å²) in [5, 5.41) is 3.00. The van der Waals surface area contributed by atoms with E-state index in [1.165, 1.54) is 12.1 Å². The van der Waals surface area contributed by atoms with Crippen LogP contribution in [-0.2, 0) is 4.79 Å². The molecule has 2 aromatic carbocycles. The Morgan fingerprint density at radius 1 is 1.04 bits per heavy atom. The Bertz CT molecular complexity index is 759. The number of amides is 2. The minimum absolute atomic E-state index is 0.0410. The molecule has 1 heterocycles. The van der Waals surface area contributed by atoms with Crippen LogP contribution in [-0.4, -0.2) is 42.5 Å². The minimum atomic E-state index is -0.484. The summed E-state index contributed by atoms with van der Waals surface area (Å²) in [5.74, 6) is -0.687. The van der Waals surface area contributed by atoms with Gasteiger partial charge in [-0.2, -0.15) is 0 Å². The first-order valence-corrected chi connectivity index (χ1v) is 8.64. The predicted octanol–water partition coefficient (Wildman–Crippen LogP) is 2.63. The molecule has 1 N–H and O–H groups in total. The molecule has 2 amide bonds. The van der Waals surface area contributed by atoms with Crippen molar-refractivity contribution in [3.8, 4) is 5.75 Å². The quantitative estimate of drug-likeness (QED) is 0.896. The third-order valence-electron chi connectivity index (χ3n) is 4.41. The van der Waals surface area contributed by atoms with Crippen LogP contribution in [0.2, 0.25) is 0 Å². The van der Waals surface area contributed by atoms with Crippen molar-refractivity contribution in [1.29, 1.82) is 0 Å². The van der Waals surface area contributed by atoms with Crippen LogP contribution < -0.4 is 10.1 Å². The maximum Gasteiger partial charge on any atom is 0.260 e.